The highest BCUT2D eigenvalue weighted by atomic mass is 35.5. The number of rotatable bonds is 9. The molecule has 7 nitrogen and oxygen atoms in total. The molecule has 4 rings (SSSR count). The number of carboxylic acids is 1. The Bertz CT molecular complexity index is 1290. The summed E-state index contributed by atoms with van der Waals surface area (Å²) >= 11 is 0. The van der Waals surface area contributed by atoms with Gasteiger partial charge in [-0.25, -0.2) is 9.78 Å². The summed E-state index contributed by atoms with van der Waals surface area (Å²) in [6.45, 7) is 9.49. The van der Waals surface area contributed by atoms with E-state index in [2.05, 4.69) is 32.7 Å². The molecule has 1 aliphatic rings. The molecule has 2 aromatic carbocycles. The molecule has 0 radical (unpaired) electrons. The molecule has 0 saturated carbocycles. The van der Waals surface area contributed by atoms with E-state index in [1.165, 1.54) is 5.56 Å². The monoisotopic (exact) mass is 526 g/mol. The summed E-state index contributed by atoms with van der Waals surface area (Å²) in [6, 6.07) is 5.82. The van der Waals surface area contributed by atoms with E-state index in [4.69, 9.17) is 19.3 Å². The van der Waals surface area contributed by atoms with Gasteiger partial charge in [-0.2, -0.15) is 0 Å². The van der Waals surface area contributed by atoms with Crippen LogP contribution in [-0.2, 0) is 17.8 Å². The van der Waals surface area contributed by atoms with Crippen molar-refractivity contribution >= 4 is 24.5 Å². The molecule has 1 atom stereocenters. The topological polar surface area (TPSA) is 82.8 Å². The molecule has 0 spiro atoms. The van der Waals surface area contributed by atoms with E-state index in [0.717, 1.165) is 58.2 Å². The number of aromatic nitrogens is 2. The van der Waals surface area contributed by atoms with Crippen molar-refractivity contribution in [3.8, 4) is 17.2 Å². The highest BCUT2D eigenvalue weighted by Gasteiger charge is 2.34. The van der Waals surface area contributed by atoms with Gasteiger partial charge in [-0.1, -0.05) is 12.1 Å². The predicted octanol–water partition coefficient (Wildman–Crippen LogP) is 5.94. The summed E-state index contributed by atoms with van der Waals surface area (Å²) in [4.78, 5) is 15.2. The van der Waals surface area contributed by atoms with Gasteiger partial charge in [0.05, 0.1) is 20.0 Å². The van der Waals surface area contributed by atoms with Crippen molar-refractivity contribution in [2.45, 2.75) is 59.1 Å². The van der Waals surface area contributed by atoms with Crippen LogP contribution in [0.4, 0.5) is 0 Å². The summed E-state index contributed by atoms with van der Waals surface area (Å²) in [5.74, 6) is 1.56. The fourth-order valence-electron chi connectivity index (χ4n) is 4.83. The molecule has 0 aliphatic carbocycles. The predicted molar refractivity (Wildman–Crippen MR) is 146 cm³/mol. The van der Waals surface area contributed by atoms with Crippen molar-refractivity contribution in [2.24, 2.45) is 0 Å². The normalized spacial score (nSPS) is 16.6. The Morgan fingerprint density at radius 1 is 1.24 bits per heavy atom. The van der Waals surface area contributed by atoms with E-state index in [1.54, 1.807) is 25.7 Å². The van der Waals surface area contributed by atoms with Crippen LogP contribution in [0.5, 0.6) is 17.2 Å². The lowest BCUT2D eigenvalue weighted by atomic mass is 9.86. The summed E-state index contributed by atoms with van der Waals surface area (Å²) in [7, 11) is 1.72. The summed E-state index contributed by atoms with van der Waals surface area (Å²) in [5.41, 5.74) is 6.00. The number of fused-ring (bicyclic) bond motifs is 1. The van der Waals surface area contributed by atoms with Gasteiger partial charge < -0.3 is 23.9 Å². The van der Waals surface area contributed by atoms with Crippen LogP contribution < -0.4 is 14.2 Å². The number of hydrogen-bond acceptors (Lipinski definition) is 5. The van der Waals surface area contributed by atoms with Crippen LogP contribution in [0, 0.1) is 20.8 Å². The Morgan fingerprint density at radius 3 is 2.70 bits per heavy atom. The number of carbonyl (C=O) groups is 1. The van der Waals surface area contributed by atoms with Gasteiger partial charge in [0.1, 0.15) is 22.8 Å². The highest BCUT2D eigenvalue weighted by Crippen LogP contribution is 2.44. The van der Waals surface area contributed by atoms with E-state index in [0.29, 0.717) is 25.3 Å². The quantitative estimate of drug-likeness (QED) is 0.347. The van der Waals surface area contributed by atoms with Gasteiger partial charge in [0.25, 0.3) is 0 Å². The van der Waals surface area contributed by atoms with Crippen LogP contribution in [0.2, 0.25) is 0 Å². The van der Waals surface area contributed by atoms with Gasteiger partial charge >= 0.3 is 5.97 Å². The maximum Gasteiger partial charge on any atom is 0.328 e. The third kappa shape index (κ3) is 6.28. The fourth-order valence-corrected chi connectivity index (χ4v) is 4.83. The minimum atomic E-state index is -0.997. The van der Waals surface area contributed by atoms with Crippen molar-refractivity contribution in [1.82, 2.24) is 9.55 Å². The van der Waals surface area contributed by atoms with E-state index in [9.17, 15) is 4.79 Å². The second-order valence-corrected chi connectivity index (χ2v) is 9.65. The Balaban J connectivity index is 0.00000380. The number of methoxy groups -OCH3 is 1. The molecule has 2 heterocycles. The number of carboxylic acid groups (broad SMARTS) is 1. The molecule has 0 fully saturated rings. The maximum absolute atomic E-state index is 11.1. The third-order valence-electron chi connectivity index (χ3n) is 7.06. The van der Waals surface area contributed by atoms with Crippen LogP contribution in [0.3, 0.4) is 0 Å². The van der Waals surface area contributed by atoms with Crippen LogP contribution >= 0.6 is 12.4 Å². The smallest absolute Gasteiger partial charge is 0.328 e. The average Bonchev–Trinajstić information content (AvgIpc) is 3.35. The number of aliphatic carboxylic acids is 1. The van der Waals surface area contributed by atoms with Gasteiger partial charge in [-0.15, -0.1) is 12.4 Å². The molecule has 0 saturated heterocycles. The Hall–Kier alpha value is -3.45. The molecule has 1 N–H and O–H groups in total. The number of ether oxygens (including phenoxy) is 3. The van der Waals surface area contributed by atoms with Gasteiger partial charge in [-0.05, 0) is 74.9 Å². The Kier molecular flexibility index (Phi) is 8.92. The van der Waals surface area contributed by atoms with Crippen molar-refractivity contribution in [3.05, 3.63) is 76.4 Å². The van der Waals surface area contributed by atoms with Crippen LogP contribution in [0.15, 0.2) is 43.0 Å². The van der Waals surface area contributed by atoms with Gasteiger partial charge in [0, 0.05) is 42.6 Å². The number of hydrogen-bond donors (Lipinski definition) is 1. The molecule has 8 heteroatoms. The lowest BCUT2D eigenvalue weighted by Gasteiger charge is -2.38. The maximum atomic E-state index is 11.1. The first-order valence-electron chi connectivity index (χ1n) is 12.2. The number of imidazole rings is 1. The molecular weight excluding hydrogens is 492 g/mol. The minimum absolute atomic E-state index is 0. The fraction of sp³-hybridized carbons (Fsp3) is 0.379. The Labute approximate surface area is 224 Å². The zero-order valence-corrected chi connectivity index (χ0v) is 22.9. The van der Waals surface area contributed by atoms with Crippen LogP contribution in [0.25, 0.3) is 6.08 Å². The number of benzene rings is 2. The van der Waals surface area contributed by atoms with Crippen molar-refractivity contribution in [2.75, 3.05) is 13.7 Å². The van der Waals surface area contributed by atoms with Crippen molar-refractivity contribution in [3.63, 3.8) is 0 Å². The average molecular weight is 527 g/mol. The van der Waals surface area contributed by atoms with Gasteiger partial charge in [-0.3, -0.25) is 0 Å². The molecule has 1 aliphatic heterocycles. The lowest BCUT2D eigenvalue weighted by Crippen LogP contribution is -2.38. The number of nitrogens with zero attached hydrogens (tertiary/aromatic N) is 2. The molecule has 0 bridgehead atoms. The molecule has 198 valence electrons. The van der Waals surface area contributed by atoms with E-state index in [1.807, 2.05) is 29.0 Å². The molecule has 1 unspecified atom stereocenters. The standard InChI is InChI=1S/C29H34N2O5.ClH/c1-19-20(2)28-24(21(3)27(19)34-5)10-11-29(4,36-28)12-15-35-25-16-22(17-31-14-13-30-18-31)6-7-23(25)8-9-26(32)33;/h6-9,13-14,16,18H,10-12,15,17H2,1-5H3,(H,32,33);1H. The van der Waals surface area contributed by atoms with Gasteiger partial charge in [0.15, 0.2) is 0 Å². The van der Waals surface area contributed by atoms with Crippen molar-refractivity contribution in [1.29, 1.82) is 0 Å². The Morgan fingerprint density at radius 2 is 2.03 bits per heavy atom. The van der Waals surface area contributed by atoms with Crippen LogP contribution in [0.1, 0.15) is 53.1 Å². The van der Waals surface area contributed by atoms with Gasteiger partial charge in [0.2, 0.25) is 0 Å². The molecular formula is C29H35ClN2O5. The van der Waals surface area contributed by atoms with Crippen molar-refractivity contribution < 1.29 is 24.1 Å². The lowest BCUT2D eigenvalue weighted by molar-refractivity contribution is -0.131. The SMILES string of the molecule is COc1c(C)c(C)c2c(c1C)CCC(C)(CCOc1cc(Cn3ccnc3)ccc1C=CC(=O)O)O2.Cl. The largest absolute Gasteiger partial charge is 0.496 e. The van der Waals surface area contributed by atoms with E-state index >= 15 is 0 Å². The van der Waals surface area contributed by atoms with E-state index in [-0.39, 0.29) is 18.0 Å². The number of halogens is 1. The molecule has 3 aromatic rings. The second kappa shape index (κ2) is 11.7. The third-order valence-corrected chi connectivity index (χ3v) is 7.06. The van der Waals surface area contributed by atoms with E-state index < -0.39 is 5.97 Å². The first-order valence-corrected chi connectivity index (χ1v) is 12.2. The summed E-state index contributed by atoms with van der Waals surface area (Å²) in [6.07, 6.45) is 10.6. The minimum Gasteiger partial charge on any atom is -0.496 e. The first kappa shape index (κ1) is 28.1. The highest BCUT2D eigenvalue weighted by molar-refractivity contribution is 5.86. The second-order valence-electron chi connectivity index (χ2n) is 9.65. The zero-order valence-electron chi connectivity index (χ0n) is 22.0. The summed E-state index contributed by atoms with van der Waals surface area (Å²) < 4.78 is 20.5. The molecule has 37 heavy (non-hydrogen) atoms. The zero-order chi connectivity index (χ0) is 25.9. The molecule has 1 aromatic heterocycles. The summed E-state index contributed by atoms with van der Waals surface area (Å²) in [5, 5.41) is 9.08. The molecule has 0 amide bonds. The van der Waals surface area contributed by atoms with Crippen LogP contribution in [-0.4, -0.2) is 39.9 Å². The first-order chi connectivity index (χ1) is 17.2.